The Morgan fingerprint density at radius 2 is 1.62 bits per heavy atom. The first kappa shape index (κ1) is 26.6. The molecule has 0 aliphatic carbocycles. The molecule has 4 rings (SSSR count). The number of carbonyl (C=O) groups excluding carboxylic acids is 2. The summed E-state index contributed by atoms with van der Waals surface area (Å²) in [6.07, 6.45) is 0. The van der Waals surface area contributed by atoms with Gasteiger partial charge in [0.2, 0.25) is 0 Å². The van der Waals surface area contributed by atoms with E-state index in [9.17, 15) is 14.7 Å². The second-order valence-electron chi connectivity index (χ2n) is 8.75. The highest BCUT2D eigenvalue weighted by molar-refractivity contribution is 6.51. The predicted molar refractivity (Wildman–Crippen MR) is 149 cm³/mol. The van der Waals surface area contributed by atoms with Crippen molar-refractivity contribution in [3.05, 3.63) is 93.0 Å². The van der Waals surface area contributed by atoms with Crippen molar-refractivity contribution in [3.8, 4) is 5.75 Å². The maximum atomic E-state index is 13.4. The summed E-state index contributed by atoms with van der Waals surface area (Å²) in [4.78, 5) is 30.5. The lowest BCUT2D eigenvalue weighted by atomic mass is 9.94. The predicted octanol–water partition coefficient (Wildman–Crippen LogP) is 6.78. The van der Waals surface area contributed by atoms with E-state index in [1.165, 1.54) is 24.1 Å². The molecule has 1 aliphatic heterocycles. The van der Waals surface area contributed by atoms with E-state index in [0.717, 1.165) is 24.3 Å². The van der Waals surface area contributed by atoms with Crippen LogP contribution in [0.2, 0.25) is 10.0 Å². The van der Waals surface area contributed by atoms with Crippen molar-refractivity contribution in [2.75, 3.05) is 30.0 Å². The van der Waals surface area contributed by atoms with Gasteiger partial charge in [0, 0.05) is 30.0 Å². The summed E-state index contributed by atoms with van der Waals surface area (Å²) < 4.78 is 5.20. The summed E-state index contributed by atoms with van der Waals surface area (Å²) in [5.74, 6) is -1.63. The quantitative estimate of drug-likeness (QED) is 0.204. The molecule has 1 amide bonds. The smallest absolute Gasteiger partial charge is 0.300 e. The molecular weight excluding hydrogens is 511 g/mol. The number of methoxy groups -OCH3 is 1. The number of Topliss-reactive ketones (excluding diaryl/α,β-unsaturated/α-hetero) is 1. The van der Waals surface area contributed by atoms with Gasteiger partial charge in [0.1, 0.15) is 5.76 Å². The molecule has 1 unspecified atom stereocenters. The fourth-order valence-corrected chi connectivity index (χ4v) is 5.34. The zero-order chi connectivity index (χ0) is 26.9. The summed E-state index contributed by atoms with van der Waals surface area (Å²) in [5.41, 5.74) is 3.37. The largest absolute Gasteiger partial charge is 0.507 e. The highest BCUT2D eigenvalue weighted by atomic mass is 35.5. The van der Waals surface area contributed by atoms with Gasteiger partial charge in [0.15, 0.2) is 5.75 Å². The van der Waals surface area contributed by atoms with Crippen molar-refractivity contribution < 1.29 is 19.4 Å². The van der Waals surface area contributed by atoms with Crippen LogP contribution in [0.4, 0.5) is 11.4 Å². The molecule has 1 fully saturated rings. The number of anilines is 2. The van der Waals surface area contributed by atoms with Gasteiger partial charge in [-0.15, -0.1) is 0 Å². The molecule has 8 heteroatoms. The van der Waals surface area contributed by atoms with Crippen LogP contribution >= 0.6 is 23.2 Å². The topological polar surface area (TPSA) is 70.1 Å². The highest BCUT2D eigenvalue weighted by Crippen LogP contribution is 2.44. The third-order valence-electron chi connectivity index (χ3n) is 6.54. The lowest BCUT2D eigenvalue weighted by Gasteiger charge is -2.27. The maximum Gasteiger partial charge on any atom is 0.300 e. The molecule has 37 heavy (non-hydrogen) atoms. The number of halogens is 2. The first-order valence-corrected chi connectivity index (χ1v) is 12.7. The number of hydrogen-bond donors (Lipinski definition) is 1. The number of aryl methyl sites for hydroxylation is 1. The first-order valence-electron chi connectivity index (χ1n) is 12.0. The standard InChI is InChI=1S/C29H28Cl2N2O4/c1-5-32(6-2)20-12-10-18(11-13-20)25-24(26(34)19-15-22(30)28(37-4)23(31)16-19)27(35)29(36)33(25)21-9-7-8-17(3)14-21/h7-16,25,34H,5-6H2,1-4H3/b26-24+. The van der Waals surface area contributed by atoms with Crippen molar-refractivity contribution in [2.45, 2.75) is 26.8 Å². The number of carbonyl (C=O) groups is 2. The van der Waals surface area contributed by atoms with E-state index in [2.05, 4.69) is 18.7 Å². The minimum atomic E-state index is -0.854. The van der Waals surface area contributed by atoms with Crippen molar-refractivity contribution >= 4 is 52.0 Å². The third-order valence-corrected chi connectivity index (χ3v) is 7.10. The second-order valence-corrected chi connectivity index (χ2v) is 9.56. The third kappa shape index (κ3) is 4.91. The van der Waals surface area contributed by atoms with Crippen LogP contribution in [0.3, 0.4) is 0 Å². The Morgan fingerprint density at radius 3 is 2.16 bits per heavy atom. The Kier molecular flexibility index (Phi) is 7.81. The van der Waals surface area contributed by atoms with E-state index in [0.29, 0.717) is 11.3 Å². The van der Waals surface area contributed by atoms with Gasteiger partial charge in [-0.3, -0.25) is 14.5 Å². The Hall–Kier alpha value is -3.48. The summed E-state index contributed by atoms with van der Waals surface area (Å²) in [6.45, 7) is 7.76. The van der Waals surface area contributed by atoms with Crippen LogP contribution in [0, 0.1) is 6.92 Å². The number of rotatable bonds is 7. The molecule has 1 N–H and O–H groups in total. The molecule has 1 heterocycles. The lowest BCUT2D eigenvalue weighted by Crippen LogP contribution is -2.29. The Labute approximate surface area is 226 Å². The number of ketones is 1. The molecule has 3 aromatic carbocycles. The van der Waals surface area contributed by atoms with E-state index >= 15 is 0 Å². The molecule has 0 spiro atoms. The van der Waals surface area contributed by atoms with E-state index < -0.39 is 17.7 Å². The van der Waals surface area contributed by atoms with Gasteiger partial charge in [0.25, 0.3) is 11.7 Å². The second kappa shape index (κ2) is 10.9. The molecule has 0 bridgehead atoms. The van der Waals surface area contributed by atoms with Gasteiger partial charge in [-0.2, -0.15) is 0 Å². The fourth-order valence-electron chi connectivity index (χ4n) is 4.70. The number of aliphatic hydroxyl groups is 1. The molecule has 1 saturated heterocycles. The number of hydrogen-bond acceptors (Lipinski definition) is 5. The Balaban J connectivity index is 1.93. The summed E-state index contributed by atoms with van der Waals surface area (Å²) in [6, 6.07) is 17.1. The monoisotopic (exact) mass is 538 g/mol. The van der Waals surface area contributed by atoms with Crippen LogP contribution in [-0.4, -0.2) is 37.0 Å². The van der Waals surface area contributed by atoms with Gasteiger partial charge < -0.3 is 14.7 Å². The molecule has 0 radical (unpaired) electrons. The minimum absolute atomic E-state index is 0.0422. The minimum Gasteiger partial charge on any atom is -0.507 e. The molecule has 0 saturated carbocycles. The van der Waals surface area contributed by atoms with Crippen LogP contribution in [0.25, 0.3) is 5.76 Å². The molecule has 0 aromatic heterocycles. The molecule has 192 valence electrons. The van der Waals surface area contributed by atoms with Gasteiger partial charge in [-0.1, -0.05) is 47.5 Å². The lowest BCUT2D eigenvalue weighted by molar-refractivity contribution is -0.132. The van der Waals surface area contributed by atoms with Gasteiger partial charge >= 0.3 is 0 Å². The number of aliphatic hydroxyl groups excluding tert-OH is 1. The Bertz CT molecular complexity index is 1360. The van der Waals surface area contributed by atoms with E-state index in [1.54, 1.807) is 6.07 Å². The number of benzene rings is 3. The van der Waals surface area contributed by atoms with Crippen molar-refractivity contribution in [3.63, 3.8) is 0 Å². The van der Waals surface area contributed by atoms with E-state index in [-0.39, 0.29) is 32.7 Å². The summed E-state index contributed by atoms with van der Waals surface area (Å²) >= 11 is 12.6. The van der Waals surface area contributed by atoms with Gasteiger partial charge in [-0.25, -0.2) is 0 Å². The van der Waals surface area contributed by atoms with Crippen molar-refractivity contribution in [1.29, 1.82) is 0 Å². The molecular formula is C29H28Cl2N2O4. The molecule has 1 atom stereocenters. The van der Waals surface area contributed by atoms with Crippen LogP contribution in [0.5, 0.6) is 5.75 Å². The van der Waals surface area contributed by atoms with Gasteiger partial charge in [-0.05, 0) is 68.3 Å². The molecule has 6 nitrogen and oxygen atoms in total. The molecule has 1 aliphatic rings. The van der Waals surface area contributed by atoms with Crippen LogP contribution in [0.1, 0.15) is 36.6 Å². The van der Waals surface area contributed by atoms with Crippen LogP contribution in [0.15, 0.2) is 66.2 Å². The zero-order valence-electron chi connectivity index (χ0n) is 21.1. The van der Waals surface area contributed by atoms with Gasteiger partial charge in [0.05, 0.1) is 28.8 Å². The zero-order valence-corrected chi connectivity index (χ0v) is 22.6. The average Bonchev–Trinajstić information content (AvgIpc) is 3.14. The normalized spacial score (nSPS) is 16.8. The fraction of sp³-hybridized carbons (Fsp3) is 0.241. The summed E-state index contributed by atoms with van der Waals surface area (Å²) in [7, 11) is 1.43. The van der Waals surface area contributed by atoms with Crippen molar-refractivity contribution in [1.82, 2.24) is 0 Å². The van der Waals surface area contributed by atoms with Crippen LogP contribution < -0.4 is 14.5 Å². The summed E-state index contributed by atoms with van der Waals surface area (Å²) in [5, 5.41) is 11.7. The maximum absolute atomic E-state index is 13.4. The number of amides is 1. The van der Waals surface area contributed by atoms with E-state index in [1.807, 2.05) is 49.4 Å². The first-order chi connectivity index (χ1) is 17.7. The molecule has 3 aromatic rings. The highest BCUT2D eigenvalue weighted by Gasteiger charge is 2.47. The van der Waals surface area contributed by atoms with Crippen molar-refractivity contribution in [2.24, 2.45) is 0 Å². The SMILES string of the molecule is CCN(CC)c1ccc(C2/C(=C(\O)c3cc(Cl)c(OC)c(Cl)c3)C(=O)C(=O)N2c2cccc(C)c2)cc1. The number of ether oxygens (including phenoxy) is 1. The van der Waals surface area contributed by atoms with Crippen LogP contribution in [-0.2, 0) is 9.59 Å². The van der Waals surface area contributed by atoms with E-state index in [4.69, 9.17) is 27.9 Å². The Morgan fingerprint density at radius 1 is 1.00 bits per heavy atom. The number of nitrogens with zero attached hydrogens (tertiary/aromatic N) is 2. The average molecular weight is 539 g/mol.